The maximum atomic E-state index is 10.3. The van der Waals surface area contributed by atoms with E-state index in [9.17, 15) is 4.79 Å². The molecule has 0 aliphatic heterocycles. The number of carboxylic acids is 1. The lowest BCUT2D eigenvalue weighted by atomic mass is 10.4. The van der Waals surface area contributed by atoms with Crippen molar-refractivity contribution in [2.75, 3.05) is 12.4 Å². The maximum absolute atomic E-state index is 10.3. The van der Waals surface area contributed by atoms with Crippen molar-refractivity contribution in [2.24, 2.45) is 0 Å². The molecule has 1 rings (SSSR count). The quantitative estimate of drug-likeness (QED) is 0.547. The summed E-state index contributed by atoms with van der Waals surface area (Å²) in [5, 5.41) is 17.0. The van der Waals surface area contributed by atoms with Crippen LogP contribution in [0.1, 0.15) is 10.5 Å². The molecule has 0 unspecified atom stereocenters. The third kappa shape index (κ3) is 0.928. The molecule has 0 saturated carbocycles. The second kappa shape index (κ2) is 2.38. The van der Waals surface area contributed by atoms with E-state index in [-0.39, 0.29) is 5.69 Å². The highest BCUT2D eigenvalue weighted by Crippen LogP contribution is 2.08. The first-order valence-corrected chi connectivity index (χ1v) is 2.70. The molecule has 5 nitrogen and oxygen atoms in total. The van der Waals surface area contributed by atoms with Crippen LogP contribution in [0.3, 0.4) is 0 Å². The molecule has 0 aliphatic rings. The van der Waals surface area contributed by atoms with Gasteiger partial charge in [0.15, 0.2) is 5.69 Å². The van der Waals surface area contributed by atoms with Crippen molar-refractivity contribution in [3.8, 4) is 0 Å². The maximum Gasteiger partial charge on any atom is 0.356 e. The summed E-state index contributed by atoms with van der Waals surface area (Å²) in [5.41, 5.74) is 0.579. The van der Waals surface area contributed by atoms with Crippen LogP contribution in [0.5, 0.6) is 0 Å². The molecule has 0 amide bonds. The predicted octanol–water partition coefficient (Wildman–Crippen LogP) is 0.150. The molecule has 0 fully saturated rings. The Morgan fingerprint density at radius 3 is 3.00 bits per heavy atom. The van der Waals surface area contributed by atoms with Crippen LogP contribution in [0.25, 0.3) is 0 Å². The first-order valence-electron chi connectivity index (χ1n) is 2.70. The van der Waals surface area contributed by atoms with Crippen LogP contribution in [-0.2, 0) is 0 Å². The molecule has 54 valence electrons. The van der Waals surface area contributed by atoms with Crippen LogP contribution < -0.4 is 5.32 Å². The van der Waals surface area contributed by atoms with Gasteiger partial charge in [0.1, 0.15) is 0 Å². The molecule has 1 aromatic rings. The third-order valence-corrected chi connectivity index (χ3v) is 1.12. The summed E-state index contributed by atoms with van der Waals surface area (Å²) in [5.74, 6) is -1.01. The fourth-order valence-corrected chi connectivity index (χ4v) is 0.639. The summed E-state index contributed by atoms with van der Waals surface area (Å²) in [6.45, 7) is 0. The lowest BCUT2D eigenvalue weighted by Crippen LogP contribution is -2.00. The fourth-order valence-electron chi connectivity index (χ4n) is 0.639. The Bertz CT molecular complexity index is 243. The molecule has 3 N–H and O–H groups in total. The van der Waals surface area contributed by atoms with Crippen molar-refractivity contribution < 1.29 is 9.90 Å². The van der Waals surface area contributed by atoms with Crippen molar-refractivity contribution in [3.05, 3.63) is 11.9 Å². The van der Waals surface area contributed by atoms with E-state index in [4.69, 9.17) is 5.11 Å². The van der Waals surface area contributed by atoms with E-state index in [0.29, 0.717) is 5.69 Å². The average molecular weight is 141 g/mol. The monoisotopic (exact) mass is 141 g/mol. The molecule has 0 aromatic carbocycles. The molecule has 10 heavy (non-hydrogen) atoms. The minimum absolute atomic E-state index is 0.0856. The number of carbonyl (C=O) groups is 1. The summed E-state index contributed by atoms with van der Waals surface area (Å²) >= 11 is 0. The average Bonchev–Trinajstić information content (AvgIpc) is 2.33. The van der Waals surface area contributed by atoms with Crippen molar-refractivity contribution in [1.29, 1.82) is 0 Å². The highest BCUT2D eigenvalue weighted by Gasteiger charge is 2.09. The first-order chi connectivity index (χ1) is 4.75. The third-order valence-electron chi connectivity index (χ3n) is 1.12. The SMILES string of the molecule is CNc1cn[nH]c1C(=O)O. The van der Waals surface area contributed by atoms with Crippen LogP contribution in [0.4, 0.5) is 5.69 Å². The molecule has 0 saturated heterocycles. The number of nitrogens with zero attached hydrogens (tertiary/aromatic N) is 1. The van der Waals surface area contributed by atoms with Crippen molar-refractivity contribution in [3.63, 3.8) is 0 Å². The van der Waals surface area contributed by atoms with Gasteiger partial charge in [0.2, 0.25) is 0 Å². The highest BCUT2D eigenvalue weighted by atomic mass is 16.4. The second-order valence-electron chi connectivity index (χ2n) is 1.71. The summed E-state index contributed by atoms with van der Waals surface area (Å²) in [6, 6.07) is 0. The number of hydrogen-bond acceptors (Lipinski definition) is 3. The number of aromatic amines is 1. The summed E-state index contributed by atoms with van der Waals surface area (Å²) in [7, 11) is 1.64. The van der Waals surface area contributed by atoms with E-state index < -0.39 is 5.97 Å². The fraction of sp³-hybridized carbons (Fsp3) is 0.200. The van der Waals surface area contributed by atoms with E-state index in [1.807, 2.05) is 0 Å². The zero-order valence-corrected chi connectivity index (χ0v) is 5.38. The molecule has 5 heteroatoms. The van der Waals surface area contributed by atoms with Gasteiger partial charge in [0.25, 0.3) is 0 Å². The van der Waals surface area contributed by atoms with Gasteiger partial charge in [-0.05, 0) is 0 Å². The number of H-pyrrole nitrogens is 1. The van der Waals surface area contributed by atoms with Gasteiger partial charge in [-0.3, -0.25) is 5.10 Å². The number of hydrogen-bond donors (Lipinski definition) is 3. The van der Waals surface area contributed by atoms with Gasteiger partial charge in [-0.1, -0.05) is 0 Å². The molecule has 1 heterocycles. The van der Waals surface area contributed by atoms with Gasteiger partial charge < -0.3 is 10.4 Å². The van der Waals surface area contributed by atoms with Crippen LogP contribution in [0.15, 0.2) is 6.20 Å². The lowest BCUT2D eigenvalue weighted by molar-refractivity contribution is 0.0691. The number of aromatic nitrogens is 2. The molecule has 1 aromatic heterocycles. The van der Waals surface area contributed by atoms with Crippen molar-refractivity contribution >= 4 is 11.7 Å². The van der Waals surface area contributed by atoms with Crippen LogP contribution in [0.2, 0.25) is 0 Å². The molecule has 0 radical (unpaired) electrons. The Labute approximate surface area is 57.1 Å². The number of rotatable bonds is 2. The standard InChI is InChI=1S/C5H7N3O2/c1-6-3-2-7-8-4(3)5(9)10/h2,6H,1H3,(H,7,8)(H,9,10). The van der Waals surface area contributed by atoms with E-state index in [1.54, 1.807) is 7.05 Å². The number of aromatic carboxylic acids is 1. The molecular formula is C5H7N3O2. The van der Waals surface area contributed by atoms with Gasteiger partial charge in [0.05, 0.1) is 11.9 Å². The van der Waals surface area contributed by atoms with Crippen LogP contribution in [-0.4, -0.2) is 28.3 Å². The Hall–Kier alpha value is -1.52. The van der Waals surface area contributed by atoms with E-state index >= 15 is 0 Å². The van der Waals surface area contributed by atoms with E-state index in [0.717, 1.165) is 0 Å². The molecule has 0 spiro atoms. The lowest BCUT2D eigenvalue weighted by Gasteiger charge is -1.93. The Morgan fingerprint density at radius 1 is 1.90 bits per heavy atom. The van der Waals surface area contributed by atoms with Crippen molar-refractivity contribution in [2.45, 2.75) is 0 Å². The minimum Gasteiger partial charge on any atom is -0.476 e. The zero-order valence-electron chi connectivity index (χ0n) is 5.38. The van der Waals surface area contributed by atoms with Gasteiger partial charge in [0, 0.05) is 7.05 Å². The van der Waals surface area contributed by atoms with Crippen LogP contribution >= 0.6 is 0 Å². The zero-order chi connectivity index (χ0) is 7.56. The summed E-state index contributed by atoms with van der Waals surface area (Å²) in [4.78, 5) is 10.3. The Balaban J connectivity index is 3.01. The van der Waals surface area contributed by atoms with E-state index in [2.05, 4.69) is 15.5 Å². The number of carboxylic acid groups (broad SMARTS) is 1. The van der Waals surface area contributed by atoms with Gasteiger partial charge in [-0.15, -0.1) is 0 Å². The van der Waals surface area contributed by atoms with Gasteiger partial charge >= 0.3 is 5.97 Å². The number of nitrogens with one attached hydrogen (secondary N) is 2. The Morgan fingerprint density at radius 2 is 2.60 bits per heavy atom. The normalized spacial score (nSPS) is 9.30. The minimum atomic E-state index is -1.01. The largest absolute Gasteiger partial charge is 0.476 e. The summed E-state index contributed by atoms with van der Waals surface area (Å²) in [6.07, 6.45) is 1.42. The van der Waals surface area contributed by atoms with Crippen LogP contribution in [0, 0.1) is 0 Å². The highest BCUT2D eigenvalue weighted by molar-refractivity contribution is 5.91. The smallest absolute Gasteiger partial charge is 0.356 e. The first kappa shape index (κ1) is 6.60. The van der Waals surface area contributed by atoms with E-state index in [1.165, 1.54) is 6.20 Å². The van der Waals surface area contributed by atoms with Gasteiger partial charge in [-0.25, -0.2) is 4.79 Å². The topological polar surface area (TPSA) is 78.0 Å². The molecule has 0 atom stereocenters. The second-order valence-corrected chi connectivity index (χ2v) is 1.71. The van der Waals surface area contributed by atoms with Gasteiger partial charge in [-0.2, -0.15) is 5.10 Å². The molecule has 0 aliphatic carbocycles. The Kier molecular flexibility index (Phi) is 1.57. The van der Waals surface area contributed by atoms with Crippen molar-refractivity contribution in [1.82, 2.24) is 10.2 Å². The molecule has 0 bridgehead atoms. The number of anilines is 1. The predicted molar refractivity (Wildman–Crippen MR) is 35.1 cm³/mol. The molecular weight excluding hydrogens is 134 g/mol. The summed E-state index contributed by atoms with van der Waals surface area (Å²) < 4.78 is 0.